The Hall–Kier alpha value is -5.30. The largest absolute Gasteiger partial charge is 0.334 e. The monoisotopic (exact) mass is 642 g/mol. The second-order valence-electron chi connectivity index (χ2n) is 13.1. The summed E-state index contributed by atoms with van der Waals surface area (Å²) in [7, 11) is 0. The Kier molecular flexibility index (Phi) is 8.65. The fourth-order valence-corrected chi connectivity index (χ4v) is 7.48. The Balaban J connectivity index is 0.904. The minimum Gasteiger partial charge on any atom is -0.334 e. The van der Waals surface area contributed by atoms with E-state index >= 15 is 0 Å². The van der Waals surface area contributed by atoms with Gasteiger partial charge in [0.2, 0.25) is 0 Å². The first kappa shape index (κ1) is 31.0. The van der Waals surface area contributed by atoms with Crippen LogP contribution < -0.4 is 10.6 Å². The summed E-state index contributed by atoms with van der Waals surface area (Å²) in [6.07, 6.45) is 1.02. The first-order chi connectivity index (χ1) is 24.1. The number of benzene rings is 4. The van der Waals surface area contributed by atoms with E-state index in [1.54, 1.807) is 0 Å². The highest BCUT2D eigenvalue weighted by Crippen LogP contribution is 2.33. The quantitative estimate of drug-likeness (QED) is 0.131. The zero-order valence-corrected chi connectivity index (χ0v) is 28.3. The molecule has 8 rings (SSSR count). The summed E-state index contributed by atoms with van der Waals surface area (Å²) < 4.78 is 4.84. The molecule has 6 nitrogen and oxygen atoms in total. The van der Waals surface area contributed by atoms with Crippen LogP contribution in [0.2, 0.25) is 0 Å². The van der Waals surface area contributed by atoms with Gasteiger partial charge in [-0.2, -0.15) is 0 Å². The number of aryl methyl sites for hydroxylation is 2. The number of nitrogens with zero attached hydrogens (tertiary/aromatic N) is 4. The first-order valence-electron chi connectivity index (χ1n) is 17.4. The van der Waals surface area contributed by atoms with Crippen molar-refractivity contribution in [2.75, 3.05) is 13.1 Å². The van der Waals surface area contributed by atoms with Gasteiger partial charge >= 0.3 is 0 Å². The third kappa shape index (κ3) is 6.21. The molecular formula is C43H42N6. The van der Waals surface area contributed by atoms with Gasteiger partial charge in [-0.3, -0.25) is 9.97 Å². The van der Waals surface area contributed by atoms with Crippen molar-refractivity contribution in [2.45, 2.75) is 46.4 Å². The van der Waals surface area contributed by atoms with E-state index in [0.717, 1.165) is 68.5 Å². The topological polar surface area (TPSA) is 59.7 Å². The van der Waals surface area contributed by atoms with Crippen molar-refractivity contribution in [1.29, 1.82) is 0 Å². The van der Waals surface area contributed by atoms with Gasteiger partial charge in [-0.25, -0.2) is 0 Å². The van der Waals surface area contributed by atoms with Gasteiger partial charge in [0.15, 0.2) is 0 Å². The molecule has 0 unspecified atom stereocenters. The van der Waals surface area contributed by atoms with Crippen molar-refractivity contribution in [2.24, 2.45) is 0 Å². The molecule has 8 aromatic rings. The van der Waals surface area contributed by atoms with Gasteiger partial charge in [-0.15, -0.1) is 0 Å². The number of fused-ring (bicyclic) bond motifs is 6. The van der Waals surface area contributed by atoms with Crippen molar-refractivity contribution in [3.63, 3.8) is 0 Å². The molecule has 4 aromatic carbocycles. The van der Waals surface area contributed by atoms with Crippen LogP contribution >= 0.6 is 0 Å². The average Bonchev–Trinajstić information content (AvgIpc) is 3.61. The van der Waals surface area contributed by atoms with Crippen LogP contribution in [0.15, 0.2) is 121 Å². The second kappa shape index (κ2) is 13.7. The Morgan fingerprint density at radius 3 is 1.35 bits per heavy atom. The molecule has 0 aliphatic rings. The lowest BCUT2D eigenvalue weighted by molar-refractivity contribution is 0.587. The van der Waals surface area contributed by atoms with E-state index in [0.29, 0.717) is 0 Å². The van der Waals surface area contributed by atoms with Crippen molar-refractivity contribution < 1.29 is 0 Å². The molecule has 0 aliphatic heterocycles. The Labute approximate surface area is 287 Å². The lowest BCUT2D eigenvalue weighted by Gasteiger charge is -2.11. The fraction of sp³-hybridized carbons (Fsp3) is 0.209. The number of para-hydroxylation sites is 2. The summed E-state index contributed by atoms with van der Waals surface area (Å²) in [6.45, 7) is 9.28. The molecule has 0 aliphatic carbocycles. The van der Waals surface area contributed by atoms with Gasteiger partial charge in [-0.05, 0) is 68.8 Å². The van der Waals surface area contributed by atoms with Crippen LogP contribution in [0.1, 0.15) is 40.3 Å². The van der Waals surface area contributed by atoms with Gasteiger partial charge < -0.3 is 19.8 Å². The number of nitrogens with one attached hydrogen (secondary N) is 2. The highest BCUT2D eigenvalue weighted by atomic mass is 15.0. The molecule has 0 fully saturated rings. The van der Waals surface area contributed by atoms with Crippen LogP contribution in [0.25, 0.3) is 43.6 Å². The van der Waals surface area contributed by atoms with Gasteiger partial charge in [0, 0.05) is 58.8 Å². The molecule has 6 heteroatoms. The van der Waals surface area contributed by atoms with E-state index in [1.165, 1.54) is 54.7 Å². The minimum atomic E-state index is 0.749. The van der Waals surface area contributed by atoms with Gasteiger partial charge in [0.25, 0.3) is 0 Å². The molecule has 0 bridgehead atoms. The van der Waals surface area contributed by atoms with Gasteiger partial charge in [0.05, 0.1) is 33.8 Å². The number of hydrogen-bond acceptors (Lipinski definition) is 4. The number of aromatic nitrogens is 4. The molecule has 0 saturated heterocycles. The molecule has 4 aromatic heterocycles. The van der Waals surface area contributed by atoms with Crippen molar-refractivity contribution in [1.82, 2.24) is 29.7 Å². The van der Waals surface area contributed by atoms with E-state index in [9.17, 15) is 0 Å². The molecular weight excluding hydrogens is 601 g/mol. The number of pyridine rings is 2. The maximum absolute atomic E-state index is 5.04. The second-order valence-corrected chi connectivity index (χ2v) is 13.1. The predicted octanol–water partition coefficient (Wildman–Crippen LogP) is 8.68. The average molecular weight is 643 g/mol. The summed E-state index contributed by atoms with van der Waals surface area (Å²) in [6, 6.07) is 43.4. The molecule has 244 valence electrons. The zero-order valence-electron chi connectivity index (χ0n) is 28.3. The van der Waals surface area contributed by atoms with Crippen LogP contribution in [-0.2, 0) is 26.2 Å². The lowest BCUT2D eigenvalue weighted by atomic mass is 10.1. The molecule has 49 heavy (non-hydrogen) atoms. The molecule has 0 saturated carbocycles. The molecule has 0 spiro atoms. The highest BCUT2D eigenvalue weighted by Gasteiger charge is 2.16. The molecule has 0 atom stereocenters. The van der Waals surface area contributed by atoms with Crippen LogP contribution in [0.4, 0.5) is 0 Å². The summed E-state index contributed by atoms with van der Waals surface area (Å²) in [5.41, 5.74) is 11.9. The van der Waals surface area contributed by atoms with E-state index < -0.39 is 0 Å². The highest BCUT2D eigenvalue weighted by molar-refractivity contribution is 6.09. The summed E-state index contributed by atoms with van der Waals surface area (Å²) in [5.74, 6) is 0. The summed E-state index contributed by atoms with van der Waals surface area (Å²) >= 11 is 0. The number of rotatable bonds is 12. The number of hydrogen-bond donors (Lipinski definition) is 2. The van der Waals surface area contributed by atoms with E-state index in [4.69, 9.17) is 9.97 Å². The smallest absolute Gasteiger partial charge is 0.0711 e. The molecule has 0 amide bonds. The van der Waals surface area contributed by atoms with Crippen molar-refractivity contribution >= 4 is 43.6 Å². The Bertz CT molecular complexity index is 2220. The predicted molar refractivity (Wildman–Crippen MR) is 203 cm³/mol. The van der Waals surface area contributed by atoms with Crippen molar-refractivity contribution in [3.05, 3.63) is 155 Å². The van der Waals surface area contributed by atoms with Crippen LogP contribution in [0.5, 0.6) is 0 Å². The van der Waals surface area contributed by atoms with E-state index in [1.807, 2.05) is 0 Å². The van der Waals surface area contributed by atoms with Gasteiger partial charge in [-0.1, -0.05) is 97.1 Å². The van der Waals surface area contributed by atoms with Crippen LogP contribution in [0.3, 0.4) is 0 Å². The summed E-state index contributed by atoms with van der Waals surface area (Å²) in [4.78, 5) is 10.1. The Morgan fingerprint density at radius 1 is 0.490 bits per heavy atom. The zero-order chi connectivity index (χ0) is 33.2. The van der Waals surface area contributed by atoms with E-state index in [2.05, 4.69) is 155 Å². The molecule has 2 N–H and O–H groups in total. The standard InChI is InChI=1S/C43H42N6/c1-30-42-38(36-18-9-11-20-40(36)48(42)28-32-14-5-3-6-15-32)24-34(46-30)26-44-22-13-23-45-27-35-25-39-37-19-10-12-21-41(37)49(43(39)31(2)47-35)29-33-16-7-4-8-17-33/h3-12,14-21,24-25,44-45H,13,22-23,26-29H2,1-2H3. The Morgan fingerprint density at radius 2 is 0.898 bits per heavy atom. The third-order valence-electron chi connectivity index (χ3n) is 9.64. The molecule has 0 radical (unpaired) electrons. The van der Waals surface area contributed by atoms with Crippen LogP contribution in [0, 0.1) is 13.8 Å². The summed E-state index contributed by atoms with van der Waals surface area (Å²) in [5, 5.41) is 12.4. The maximum atomic E-state index is 5.04. The minimum absolute atomic E-state index is 0.749. The SMILES string of the molecule is Cc1nc(CNCCCNCc2cc3c4ccccc4n(Cc4ccccc4)c3c(C)n2)cc2c3ccccc3n(Cc3ccccc3)c12. The lowest BCUT2D eigenvalue weighted by Crippen LogP contribution is -2.22. The van der Waals surface area contributed by atoms with Crippen LogP contribution in [-0.4, -0.2) is 32.2 Å². The fourth-order valence-electron chi connectivity index (χ4n) is 7.48. The van der Waals surface area contributed by atoms with Gasteiger partial charge in [0.1, 0.15) is 0 Å². The van der Waals surface area contributed by atoms with Crippen molar-refractivity contribution in [3.8, 4) is 0 Å². The first-order valence-corrected chi connectivity index (χ1v) is 17.4. The van der Waals surface area contributed by atoms with E-state index in [-0.39, 0.29) is 0 Å². The normalized spacial score (nSPS) is 11.8. The molecule has 4 heterocycles. The third-order valence-corrected chi connectivity index (χ3v) is 9.64. The maximum Gasteiger partial charge on any atom is 0.0711 e.